The van der Waals surface area contributed by atoms with E-state index >= 15 is 0 Å². The summed E-state index contributed by atoms with van der Waals surface area (Å²) in [4.78, 5) is 12.1. The molecule has 5 nitrogen and oxygen atoms in total. The van der Waals surface area contributed by atoms with E-state index in [2.05, 4.69) is 16.7 Å². The molecule has 2 aromatic rings. The van der Waals surface area contributed by atoms with Gasteiger partial charge in [-0.05, 0) is 42.3 Å². The summed E-state index contributed by atoms with van der Waals surface area (Å²) in [5.74, 6) is -0.191. The van der Waals surface area contributed by atoms with Crippen molar-refractivity contribution in [2.45, 2.75) is 6.92 Å². The Kier molecular flexibility index (Phi) is 6.76. The van der Waals surface area contributed by atoms with E-state index in [0.29, 0.717) is 17.7 Å². The highest BCUT2D eigenvalue weighted by molar-refractivity contribution is 5.97. The Bertz CT molecular complexity index is 790. The minimum Gasteiger partial charge on any atom is -0.395 e. The molecule has 25 heavy (non-hydrogen) atoms. The van der Waals surface area contributed by atoms with Gasteiger partial charge in [0.1, 0.15) is 0 Å². The summed E-state index contributed by atoms with van der Waals surface area (Å²) >= 11 is 0. The molecule has 0 radical (unpaired) electrons. The molecule has 2 rings (SSSR count). The standard InChI is InChI=1S/C20H21N3O2/c1-15-18(20(25)23-12-13-24)5-2-6-19(15)22-11-3-4-16-7-9-17(14-21)10-8-16/h2-10,22,24H,11-13H2,1H3,(H,23,25)/b4-3+. The third-order valence-electron chi connectivity index (χ3n) is 3.74. The fourth-order valence-electron chi connectivity index (χ4n) is 2.37. The number of anilines is 1. The lowest BCUT2D eigenvalue weighted by Crippen LogP contribution is -2.27. The third-order valence-corrected chi connectivity index (χ3v) is 3.74. The van der Waals surface area contributed by atoms with Gasteiger partial charge in [0.2, 0.25) is 0 Å². The number of carbonyl (C=O) groups excluding carboxylic acids is 1. The quantitative estimate of drug-likeness (QED) is 0.726. The second-order valence-electron chi connectivity index (χ2n) is 5.47. The summed E-state index contributed by atoms with van der Waals surface area (Å²) in [5.41, 5.74) is 4.01. The molecule has 0 aliphatic carbocycles. The minimum absolute atomic E-state index is 0.0805. The van der Waals surface area contributed by atoms with Crippen LogP contribution in [-0.2, 0) is 0 Å². The first-order valence-electron chi connectivity index (χ1n) is 8.05. The molecule has 128 valence electrons. The normalized spacial score (nSPS) is 10.4. The zero-order valence-corrected chi connectivity index (χ0v) is 14.1. The van der Waals surface area contributed by atoms with Crippen LogP contribution in [0.2, 0.25) is 0 Å². The number of hydrogen-bond acceptors (Lipinski definition) is 4. The van der Waals surface area contributed by atoms with Gasteiger partial charge >= 0.3 is 0 Å². The maximum Gasteiger partial charge on any atom is 0.251 e. The van der Waals surface area contributed by atoms with E-state index in [1.807, 2.05) is 43.3 Å². The lowest BCUT2D eigenvalue weighted by atomic mass is 10.1. The third kappa shape index (κ3) is 5.20. The first-order chi connectivity index (χ1) is 12.2. The van der Waals surface area contributed by atoms with Crippen molar-refractivity contribution in [2.75, 3.05) is 25.0 Å². The van der Waals surface area contributed by atoms with E-state index in [0.717, 1.165) is 16.8 Å². The van der Waals surface area contributed by atoms with Crippen LogP contribution in [0.4, 0.5) is 5.69 Å². The maximum absolute atomic E-state index is 12.1. The average Bonchev–Trinajstić information content (AvgIpc) is 2.65. The van der Waals surface area contributed by atoms with Crippen LogP contribution in [0.3, 0.4) is 0 Å². The molecule has 0 aliphatic rings. The summed E-state index contributed by atoms with van der Waals surface area (Å²) in [6, 6.07) is 15.0. The first kappa shape index (κ1) is 18.2. The predicted molar refractivity (Wildman–Crippen MR) is 99.3 cm³/mol. The van der Waals surface area contributed by atoms with E-state index in [9.17, 15) is 4.79 Å². The number of nitrogens with zero attached hydrogens (tertiary/aromatic N) is 1. The molecule has 0 spiro atoms. The van der Waals surface area contributed by atoms with Crippen LogP contribution in [0, 0.1) is 18.3 Å². The number of hydrogen-bond donors (Lipinski definition) is 3. The molecule has 2 aromatic carbocycles. The molecule has 1 amide bonds. The maximum atomic E-state index is 12.1. The van der Waals surface area contributed by atoms with Gasteiger partial charge in [0.15, 0.2) is 0 Å². The molecule has 0 aliphatic heterocycles. The van der Waals surface area contributed by atoms with E-state index < -0.39 is 0 Å². The highest BCUT2D eigenvalue weighted by Gasteiger charge is 2.10. The van der Waals surface area contributed by atoms with Crippen molar-refractivity contribution in [1.29, 1.82) is 5.26 Å². The zero-order valence-electron chi connectivity index (χ0n) is 14.1. The van der Waals surface area contributed by atoms with Crippen LogP contribution in [0.15, 0.2) is 48.5 Å². The van der Waals surface area contributed by atoms with Gasteiger partial charge in [0, 0.05) is 24.3 Å². The minimum atomic E-state index is -0.191. The van der Waals surface area contributed by atoms with Gasteiger partial charge < -0.3 is 15.7 Å². The molecule has 0 unspecified atom stereocenters. The Balaban J connectivity index is 1.97. The Morgan fingerprint density at radius 1 is 1.24 bits per heavy atom. The molecule has 0 saturated heterocycles. The summed E-state index contributed by atoms with van der Waals surface area (Å²) < 4.78 is 0. The molecule has 0 atom stereocenters. The second-order valence-corrected chi connectivity index (χ2v) is 5.47. The van der Waals surface area contributed by atoms with Gasteiger partial charge in [-0.3, -0.25) is 4.79 Å². The van der Waals surface area contributed by atoms with Crippen molar-refractivity contribution in [1.82, 2.24) is 5.32 Å². The van der Waals surface area contributed by atoms with Crippen molar-refractivity contribution >= 4 is 17.7 Å². The van der Waals surface area contributed by atoms with Gasteiger partial charge in [-0.15, -0.1) is 0 Å². The molecule has 5 heteroatoms. The van der Waals surface area contributed by atoms with Crippen molar-refractivity contribution in [3.05, 3.63) is 70.8 Å². The number of aliphatic hydroxyl groups excluding tert-OH is 1. The first-order valence-corrected chi connectivity index (χ1v) is 8.05. The lowest BCUT2D eigenvalue weighted by Gasteiger charge is -2.12. The summed E-state index contributed by atoms with van der Waals surface area (Å²) in [7, 11) is 0. The molecule has 0 heterocycles. The van der Waals surface area contributed by atoms with Crippen LogP contribution >= 0.6 is 0 Å². The molecule has 0 saturated carbocycles. The smallest absolute Gasteiger partial charge is 0.251 e. The molecule has 0 fully saturated rings. The number of aliphatic hydroxyl groups is 1. The van der Waals surface area contributed by atoms with Gasteiger partial charge in [-0.25, -0.2) is 0 Å². The topological polar surface area (TPSA) is 85.2 Å². The van der Waals surface area contributed by atoms with Crippen molar-refractivity contribution in [3.63, 3.8) is 0 Å². The second kappa shape index (κ2) is 9.26. The number of amides is 1. The van der Waals surface area contributed by atoms with E-state index in [-0.39, 0.29) is 19.1 Å². The van der Waals surface area contributed by atoms with Gasteiger partial charge in [-0.2, -0.15) is 5.26 Å². The van der Waals surface area contributed by atoms with Crippen molar-refractivity contribution < 1.29 is 9.90 Å². The number of nitrogens with one attached hydrogen (secondary N) is 2. The summed E-state index contributed by atoms with van der Waals surface area (Å²) in [6.45, 7) is 2.66. The SMILES string of the molecule is Cc1c(NC/C=C/c2ccc(C#N)cc2)cccc1C(=O)NCCO. The average molecular weight is 335 g/mol. The molecular formula is C20H21N3O2. The van der Waals surface area contributed by atoms with Gasteiger partial charge in [0.05, 0.1) is 18.2 Å². The number of nitriles is 1. The van der Waals surface area contributed by atoms with Crippen LogP contribution in [0.5, 0.6) is 0 Å². The van der Waals surface area contributed by atoms with E-state index in [1.165, 1.54) is 0 Å². The van der Waals surface area contributed by atoms with Crippen LogP contribution in [0.1, 0.15) is 27.0 Å². The lowest BCUT2D eigenvalue weighted by molar-refractivity contribution is 0.0944. The summed E-state index contributed by atoms with van der Waals surface area (Å²) in [5, 5.41) is 23.5. The molecule has 3 N–H and O–H groups in total. The highest BCUT2D eigenvalue weighted by Crippen LogP contribution is 2.18. The Hall–Kier alpha value is -3.10. The molecule has 0 aromatic heterocycles. The fraction of sp³-hybridized carbons (Fsp3) is 0.200. The van der Waals surface area contributed by atoms with E-state index in [1.54, 1.807) is 18.2 Å². The fourth-order valence-corrected chi connectivity index (χ4v) is 2.37. The Labute approximate surface area is 147 Å². The van der Waals surface area contributed by atoms with E-state index in [4.69, 9.17) is 10.4 Å². The van der Waals surface area contributed by atoms with Crippen molar-refractivity contribution in [3.8, 4) is 6.07 Å². The van der Waals surface area contributed by atoms with Gasteiger partial charge in [0.25, 0.3) is 5.91 Å². The predicted octanol–water partition coefficient (Wildman–Crippen LogP) is 2.71. The summed E-state index contributed by atoms with van der Waals surface area (Å²) in [6.07, 6.45) is 3.96. The number of benzene rings is 2. The Morgan fingerprint density at radius 2 is 2.00 bits per heavy atom. The Morgan fingerprint density at radius 3 is 2.68 bits per heavy atom. The van der Waals surface area contributed by atoms with Gasteiger partial charge in [-0.1, -0.05) is 30.4 Å². The van der Waals surface area contributed by atoms with Crippen molar-refractivity contribution in [2.24, 2.45) is 0 Å². The number of rotatable bonds is 7. The molecule has 0 bridgehead atoms. The van der Waals surface area contributed by atoms with Crippen LogP contribution in [0.25, 0.3) is 6.08 Å². The zero-order chi connectivity index (χ0) is 18.1. The van der Waals surface area contributed by atoms with Crippen LogP contribution in [-0.4, -0.2) is 30.7 Å². The van der Waals surface area contributed by atoms with Crippen LogP contribution < -0.4 is 10.6 Å². The molecular weight excluding hydrogens is 314 g/mol. The number of carbonyl (C=O) groups is 1. The largest absolute Gasteiger partial charge is 0.395 e. The monoisotopic (exact) mass is 335 g/mol. The highest BCUT2D eigenvalue weighted by atomic mass is 16.3.